The molecule has 1 saturated carbocycles. The van der Waals surface area contributed by atoms with Gasteiger partial charge < -0.3 is 4.90 Å². The molecule has 1 aromatic heterocycles. The fraction of sp³-hybridized carbons (Fsp3) is 0.318. The van der Waals surface area contributed by atoms with Gasteiger partial charge in [-0.25, -0.2) is 4.98 Å². The van der Waals surface area contributed by atoms with Gasteiger partial charge >= 0.3 is 0 Å². The van der Waals surface area contributed by atoms with E-state index >= 15 is 0 Å². The van der Waals surface area contributed by atoms with Gasteiger partial charge in [0.2, 0.25) is 5.91 Å². The van der Waals surface area contributed by atoms with Crippen molar-refractivity contribution in [2.45, 2.75) is 37.0 Å². The van der Waals surface area contributed by atoms with Gasteiger partial charge in [-0.15, -0.1) is 0 Å². The summed E-state index contributed by atoms with van der Waals surface area (Å²) in [4.78, 5) is 32.1. The van der Waals surface area contributed by atoms with Gasteiger partial charge in [0.1, 0.15) is 0 Å². The number of carbonyl (C=O) groups is 1. The number of para-hydroxylation sites is 1. The molecule has 1 fully saturated rings. The molecule has 0 radical (unpaired) electrons. The van der Waals surface area contributed by atoms with Gasteiger partial charge in [0.15, 0.2) is 5.16 Å². The molecule has 0 bridgehead atoms. The quantitative estimate of drug-likeness (QED) is 0.468. The third-order valence-electron chi connectivity index (χ3n) is 5.27. The van der Waals surface area contributed by atoms with Crippen LogP contribution in [0.15, 0.2) is 64.5 Å². The summed E-state index contributed by atoms with van der Waals surface area (Å²) < 4.78 is 1.78. The summed E-state index contributed by atoms with van der Waals surface area (Å²) in [6.07, 6.45) is 1.98. The molecule has 0 N–H and O–H groups in total. The second-order valence-corrected chi connectivity index (χ2v) is 8.14. The maximum absolute atomic E-state index is 12.9. The van der Waals surface area contributed by atoms with Gasteiger partial charge in [-0.1, -0.05) is 54.2 Å². The molecule has 3 aromatic rings. The van der Waals surface area contributed by atoms with Crippen LogP contribution in [0.3, 0.4) is 0 Å². The minimum Gasteiger partial charge on any atom is -0.338 e. The zero-order valence-electron chi connectivity index (χ0n) is 16.0. The number of hydrogen-bond acceptors (Lipinski definition) is 4. The molecule has 4 rings (SSSR count). The highest BCUT2D eigenvalue weighted by atomic mass is 32.2. The summed E-state index contributed by atoms with van der Waals surface area (Å²) in [7, 11) is 1.82. The fourth-order valence-corrected chi connectivity index (χ4v) is 4.27. The minimum atomic E-state index is -0.00973. The second-order valence-electron chi connectivity index (χ2n) is 7.20. The van der Waals surface area contributed by atoms with Crippen molar-refractivity contribution < 1.29 is 4.79 Å². The monoisotopic (exact) mass is 393 g/mol. The van der Waals surface area contributed by atoms with Crippen LogP contribution in [0.5, 0.6) is 0 Å². The Morgan fingerprint density at radius 3 is 2.57 bits per heavy atom. The van der Waals surface area contributed by atoms with Crippen molar-refractivity contribution in [1.82, 2.24) is 14.5 Å². The van der Waals surface area contributed by atoms with E-state index in [9.17, 15) is 9.59 Å². The molecule has 144 valence electrons. The number of hydrogen-bond donors (Lipinski definition) is 0. The van der Waals surface area contributed by atoms with Crippen molar-refractivity contribution in [3.8, 4) is 0 Å². The Labute approximate surface area is 168 Å². The van der Waals surface area contributed by atoms with E-state index in [0.717, 1.165) is 18.4 Å². The van der Waals surface area contributed by atoms with Crippen LogP contribution >= 0.6 is 11.8 Å². The molecule has 0 aliphatic heterocycles. The highest BCUT2D eigenvalue weighted by Crippen LogP contribution is 2.37. The molecule has 0 spiro atoms. The summed E-state index contributed by atoms with van der Waals surface area (Å²) in [6, 6.07) is 17.6. The zero-order valence-corrected chi connectivity index (χ0v) is 16.9. The van der Waals surface area contributed by atoms with E-state index in [2.05, 4.69) is 4.98 Å². The molecular weight excluding hydrogens is 370 g/mol. The summed E-state index contributed by atoms with van der Waals surface area (Å²) in [6.45, 7) is 2.02. The molecule has 6 heteroatoms. The molecule has 2 aromatic carbocycles. The molecule has 0 unspecified atom stereocenters. The van der Waals surface area contributed by atoms with Crippen LogP contribution in [-0.4, -0.2) is 33.2 Å². The average Bonchev–Trinajstić information content (AvgIpc) is 3.56. The lowest BCUT2D eigenvalue weighted by molar-refractivity contribution is -0.128. The van der Waals surface area contributed by atoms with Crippen molar-refractivity contribution in [3.63, 3.8) is 0 Å². The van der Waals surface area contributed by atoms with E-state index in [1.54, 1.807) is 9.47 Å². The van der Waals surface area contributed by atoms with Crippen molar-refractivity contribution in [2.24, 2.45) is 0 Å². The van der Waals surface area contributed by atoms with E-state index in [1.807, 2.05) is 68.6 Å². The first-order chi connectivity index (χ1) is 13.6. The molecule has 1 aliphatic carbocycles. The number of fused-ring (bicyclic) bond motifs is 1. The topological polar surface area (TPSA) is 55.2 Å². The molecular formula is C22H23N3O2S. The SMILES string of the molecule is C[C@H](c1ccccc1)N(C)C(=O)CSc1nc2ccccc2c(=O)n1C1CC1. The van der Waals surface area contributed by atoms with E-state index < -0.39 is 0 Å². The average molecular weight is 394 g/mol. The van der Waals surface area contributed by atoms with Crippen molar-refractivity contribution in [3.05, 3.63) is 70.5 Å². The lowest BCUT2D eigenvalue weighted by atomic mass is 10.1. The number of carbonyl (C=O) groups excluding carboxylic acids is 1. The predicted molar refractivity (Wildman–Crippen MR) is 113 cm³/mol. The van der Waals surface area contributed by atoms with E-state index in [4.69, 9.17) is 0 Å². The minimum absolute atomic E-state index is 0.00550. The molecule has 1 atom stereocenters. The Bertz CT molecular complexity index is 1060. The predicted octanol–water partition coefficient (Wildman–Crippen LogP) is 4.04. The van der Waals surface area contributed by atoms with Crippen LogP contribution in [-0.2, 0) is 4.79 Å². The van der Waals surface area contributed by atoms with E-state index in [1.165, 1.54) is 11.8 Å². The van der Waals surface area contributed by atoms with E-state index in [-0.39, 0.29) is 29.3 Å². The molecule has 28 heavy (non-hydrogen) atoms. The van der Waals surface area contributed by atoms with Crippen LogP contribution in [0.2, 0.25) is 0 Å². The third-order valence-corrected chi connectivity index (χ3v) is 6.21. The van der Waals surface area contributed by atoms with Crippen molar-refractivity contribution in [2.75, 3.05) is 12.8 Å². The first-order valence-corrected chi connectivity index (χ1v) is 10.5. The Morgan fingerprint density at radius 1 is 1.18 bits per heavy atom. The van der Waals surface area contributed by atoms with E-state index in [0.29, 0.717) is 16.1 Å². The smallest absolute Gasteiger partial charge is 0.262 e. The highest BCUT2D eigenvalue weighted by Gasteiger charge is 2.29. The zero-order chi connectivity index (χ0) is 19.7. The second kappa shape index (κ2) is 7.80. The maximum Gasteiger partial charge on any atom is 0.262 e. The Hall–Kier alpha value is -2.60. The lowest BCUT2D eigenvalue weighted by Crippen LogP contribution is -2.31. The van der Waals surface area contributed by atoms with Crippen molar-refractivity contribution in [1.29, 1.82) is 0 Å². The largest absolute Gasteiger partial charge is 0.338 e. The van der Waals surface area contributed by atoms with Gasteiger partial charge in [0, 0.05) is 13.1 Å². The summed E-state index contributed by atoms with van der Waals surface area (Å²) in [5.41, 5.74) is 1.78. The third kappa shape index (κ3) is 3.69. The molecule has 1 aliphatic rings. The van der Waals surface area contributed by atoms with Crippen molar-refractivity contribution >= 4 is 28.6 Å². The lowest BCUT2D eigenvalue weighted by Gasteiger charge is -2.25. The van der Waals surface area contributed by atoms with Gasteiger partial charge in [-0.05, 0) is 37.5 Å². The summed E-state index contributed by atoms with van der Waals surface area (Å²) in [5, 5.41) is 1.28. The first-order valence-electron chi connectivity index (χ1n) is 9.51. The highest BCUT2D eigenvalue weighted by molar-refractivity contribution is 7.99. The number of nitrogens with zero attached hydrogens (tertiary/aromatic N) is 3. The van der Waals surface area contributed by atoms with Gasteiger partial charge in [-0.2, -0.15) is 0 Å². The Morgan fingerprint density at radius 2 is 1.86 bits per heavy atom. The molecule has 1 heterocycles. The van der Waals surface area contributed by atoms with Gasteiger partial charge in [-0.3, -0.25) is 14.2 Å². The Kier molecular flexibility index (Phi) is 5.22. The number of benzene rings is 2. The molecule has 0 saturated heterocycles. The summed E-state index contributed by atoms with van der Waals surface area (Å²) in [5.74, 6) is 0.275. The molecule has 5 nitrogen and oxygen atoms in total. The van der Waals surface area contributed by atoms with Crippen LogP contribution in [0.1, 0.15) is 37.4 Å². The number of amides is 1. The number of rotatable bonds is 6. The van der Waals surface area contributed by atoms with Crippen LogP contribution in [0.4, 0.5) is 0 Å². The van der Waals surface area contributed by atoms with Crippen LogP contribution < -0.4 is 5.56 Å². The van der Waals surface area contributed by atoms with Crippen LogP contribution in [0, 0.1) is 0 Å². The number of thioether (sulfide) groups is 1. The normalized spacial score (nSPS) is 14.8. The van der Waals surface area contributed by atoms with Crippen LogP contribution in [0.25, 0.3) is 10.9 Å². The summed E-state index contributed by atoms with van der Waals surface area (Å²) >= 11 is 1.35. The van der Waals surface area contributed by atoms with Gasteiger partial charge in [0.05, 0.1) is 22.7 Å². The number of aromatic nitrogens is 2. The molecule has 1 amide bonds. The Balaban J connectivity index is 1.54. The van der Waals surface area contributed by atoms with Gasteiger partial charge in [0.25, 0.3) is 5.56 Å². The standard InChI is InChI=1S/C22H23N3O2S/c1-15(16-8-4-3-5-9-16)24(2)20(26)14-28-22-23-19-11-7-6-10-18(19)21(27)25(22)17-12-13-17/h3-11,15,17H,12-14H2,1-2H3/t15-/m1/s1. The fourth-order valence-electron chi connectivity index (χ4n) is 3.28. The first kappa shape index (κ1) is 18.7. The maximum atomic E-state index is 12.9.